The molecule has 0 fully saturated rings. The number of hydrogen-bond acceptors (Lipinski definition) is 3. The van der Waals surface area contributed by atoms with Crippen LogP contribution in [0.2, 0.25) is 0 Å². The number of amides is 1. The molecule has 0 saturated carbocycles. The van der Waals surface area contributed by atoms with Crippen LogP contribution in [0.25, 0.3) is 11.3 Å². The number of rotatable bonds is 7. The number of benzene rings is 3. The van der Waals surface area contributed by atoms with Gasteiger partial charge in [0.25, 0.3) is 5.91 Å². The Morgan fingerprint density at radius 1 is 0.935 bits per heavy atom. The zero-order chi connectivity index (χ0) is 21.6. The van der Waals surface area contributed by atoms with Crippen LogP contribution in [0.4, 0.5) is 0 Å². The summed E-state index contributed by atoms with van der Waals surface area (Å²) in [4.78, 5) is 20.7. The maximum atomic E-state index is 12.8. The fourth-order valence-corrected chi connectivity index (χ4v) is 3.39. The molecule has 0 spiro atoms. The summed E-state index contributed by atoms with van der Waals surface area (Å²) in [6.07, 6.45) is 2.36. The summed E-state index contributed by atoms with van der Waals surface area (Å²) < 4.78 is 0. The minimum absolute atomic E-state index is 0.0309. The lowest BCUT2D eigenvalue weighted by Gasteiger charge is -2.17. The molecule has 4 aromatic rings. The number of hydrogen-bond donors (Lipinski definition) is 4. The van der Waals surface area contributed by atoms with Crippen molar-refractivity contribution in [3.8, 4) is 11.3 Å². The van der Waals surface area contributed by atoms with Crippen molar-refractivity contribution in [1.82, 2.24) is 15.3 Å². The van der Waals surface area contributed by atoms with Gasteiger partial charge >= 0.3 is 0 Å². The number of aromatic amines is 1. The molecule has 4 rings (SSSR count). The third-order valence-corrected chi connectivity index (χ3v) is 5.06. The second-order valence-electron chi connectivity index (χ2n) is 7.25. The maximum Gasteiger partial charge on any atom is 0.251 e. The van der Waals surface area contributed by atoms with Crippen molar-refractivity contribution in [2.45, 2.75) is 12.5 Å². The summed E-state index contributed by atoms with van der Waals surface area (Å²) in [5.74, 6) is 0.562. The number of nitrogens with one attached hydrogen (secondary N) is 3. The zero-order valence-electron chi connectivity index (χ0n) is 16.9. The third kappa shape index (κ3) is 4.87. The predicted octanol–water partition coefficient (Wildman–Crippen LogP) is 4.07. The molecule has 0 radical (unpaired) electrons. The minimum Gasteiger partial charge on any atom is -0.384 e. The lowest BCUT2D eigenvalue weighted by molar-refractivity contribution is 0.0935. The summed E-state index contributed by atoms with van der Waals surface area (Å²) in [6, 6.07) is 26.2. The molecular formula is C25H23N5O. The van der Waals surface area contributed by atoms with E-state index >= 15 is 0 Å². The molecule has 0 saturated heterocycles. The van der Waals surface area contributed by atoms with Crippen LogP contribution in [-0.4, -0.2) is 21.7 Å². The van der Waals surface area contributed by atoms with E-state index in [-0.39, 0.29) is 17.8 Å². The number of amidine groups is 1. The molecule has 0 aliphatic heterocycles. The SMILES string of the molecule is N=C(N)c1ccc(-c2cnc([C@@H](Cc3ccccc3)NC(=O)c3ccccc3)[nH]2)cc1. The molecule has 1 atom stereocenters. The van der Waals surface area contributed by atoms with E-state index in [1.54, 1.807) is 30.5 Å². The van der Waals surface area contributed by atoms with E-state index in [2.05, 4.69) is 15.3 Å². The fourth-order valence-electron chi connectivity index (χ4n) is 3.39. The van der Waals surface area contributed by atoms with E-state index in [1.807, 2.05) is 60.7 Å². The van der Waals surface area contributed by atoms with E-state index in [0.29, 0.717) is 23.4 Å². The number of aromatic nitrogens is 2. The van der Waals surface area contributed by atoms with Gasteiger partial charge < -0.3 is 16.0 Å². The van der Waals surface area contributed by atoms with E-state index < -0.39 is 0 Å². The van der Waals surface area contributed by atoms with Crippen molar-refractivity contribution < 1.29 is 4.79 Å². The van der Waals surface area contributed by atoms with Crippen molar-refractivity contribution in [1.29, 1.82) is 5.41 Å². The van der Waals surface area contributed by atoms with Crippen molar-refractivity contribution in [3.63, 3.8) is 0 Å². The number of H-pyrrole nitrogens is 1. The summed E-state index contributed by atoms with van der Waals surface area (Å²) in [5.41, 5.74) is 9.67. The van der Waals surface area contributed by atoms with Crippen LogP contribution in [-0.2, 0) is 6.42 Å². The Morgan fingerprint density at radius 3 is 2.23 bits per heavy atom. The summed E-state index contributed by atoms with van der Waals surface area (Å²) >= 11 is 0. The first-order chi connectivity index (χ1) is 15.1. The molecule has 0 aliphatic carbocycles. The number of carbonyl (C=O) groups excluding carboxylic acids is 1. The Labute approximate surface area is 180 Å². The van der Waals surface area contributed by atoms with Crippen LogP contribution in [0.5, 0.6) is 0 Å². The van der Waals surface area contributed by atoms with E-state index in [4.69, 9.17) is 11.1 Å². The number of carbonyl (C=O) groups is 1. The molecule has 3 aromatic carbocycles. The fraction of sp³-hybridized carbons (Fsp3) is 0.0800. The Morgan fingerprint density at radius 2 is 1.58 bits per heavy atom. The van der Waals surface area contributed by atoms with Gasteiger partial charge in [-0.2, -0.15) is 0 Å². The normalized spacial score (nSPS) is 11.6. The Kier molecular flexibility index (Phi) is 5.89. The lowest BCUT2D eigenvalue weighted by Crippen LogP contribution is -2.30. The molecule has 0 unspecified atom stereocenters. The van der Waals surface area contributed by atoms with Gasteiger partial charge in [0.1, 0.15) is 11.7 Å². The van der Waals surface area contributed by atoms with Crippen LogP contribution < -0.4 is 11.1 Å². The molecular weight excluding hydrogens is 386 g/mol. The molecule has 1 amide bonds. The van der Waals surface area contributed by atoms with Crippen LogP contribution in [0.3, 0.4) is 0 Å². The lowest BCUT2D eigenvalue weighted by atomic mass is 10.0. The molecule has 5 N–H and O–H groups in total. The monoisotopic (exact) mass is 409 g/mol. The molecule has 6 nitrogen and oxygen atoms in total. The average Bonchev–Trinajstić information content (AvgIpc) is 3.30. The highest BCUT2D eigenvalue weighted by Gasteiger charge is 2.20. The Hall–Kier alpha value is -4.19. The highest BCUT2D eigenvalue weighted by Crippen LogP contribution is 2.22. The zero-order valence-corrected chi connectivity index (χ0v) is 16.9. The Bertz CT molecular complexity index is 1170. The standard InChI is InChI=1S/C25H23N5O/c26-23(27)19-13-11-18(12-14-19)22-16-28-24(29-22)21(15-17-7-3-1-4-8-17)30-25(31)20-9-5-2-6-10-20/h1-14,16,21H,15H2,(H3,26,27)(H,28,29)(H,30,31)/t21-/m1/s1. The first kappa shape index (κ1) is 20.1. The van der Waals surface area contributed by atoms with Gasteiger partial charge in [-0.3, -0.25) is 10.2 Å². The smallest absolute Gasteiger partial charge is 0.251 e. The molecule has 6 heteroatoms. The largest absolute Gasteiger partial charge is 0.384 e. The van der Waals surface area contributed by atoms with Gasteiger partial charge in [-0.05, 0) is 29.7 Å². The van der Waals surface area contributed by atoms with Gasteiger partial charge in [0.15, 0.2) is 0 Å². The number of nitrogens with two attached hydrogens (primary N) is 1. The van der Waals surface area contributed by atoms with E-state index in [1.165, 1.54) is 0 Å². The average molecular weight is 409 g/mol. The summed E-state index contributed by atoms with van der Waals surface area (Å²) in [5, 5.41) is 10.6. The van der Waals surface area contributed by atoms with Crippen molar-refractivity contribution in [2.75, 3.05) is 0 Å². The molecule has 31 heavy (non-hydrogen) atoms. The highest BCUT2D eigenvalue weighted by atomic mass is 16.1. The molecule has 154 valence electrons. The quantitative estimate of drug-likeness (QED) is 0.273. The maximum absolute atomic E-state index is 12.8. The first-order valence-corrected chi connectivity index (χ1v) is 10.00. The molecule has 0 aliphatic rings. The Balaban J connectivity index is 1.60. The first-order valence-electron chi connectivity index (χ1n) is 10.00. The second kappa shape index (κ2) is 9.09. The third-order valence-electron chi connectivity index (χ3n) is 5.06. The predicted molar refractivity (Wildman–Crippen MR) is 122 cm³/mol. The van der Waals surface area contributed by atoms with E-state index in [9.17, 15) is 4.79 Å². The number of imidazole rings is 1. The summed E-state index contributed by atoms with van der Waals surface area (Å²) in [7, 11) is 0. The van der Waals surface area contributed by atoms with Gasteiger partial charge in [0.2, 0.25) is 0 Å². The van der Waals surface area contributed by atoms with Gasteiger partial charge in [-0.25, -0.2) is 4.98 Å². The molecule has 1 heterocycles. The second-order valence-corrected chi connectivity index (χ2v) is 7.25. The van der Waals surface area contributed by atoms with Gasteiger partial charge in [0.05, 0.1) is 17.9 Å². The highest BCUT2D eigenvalue weighted by molar-refractivity contribution is 5.95. The van der Waals surface area contributed by atoms with Gasteiger partial charge in [-0.15, -0.1) is 0 Å². The van der Waals surface area contributed by atoms with Crippen LogP contribution in [0, 0.1) is 5.41 Å². The van der Waals surface area contributed by atoms with Crippen molar-refractivity contribution in [2.24, 2.45) is 5.73 Å². The van der Waals surface area contributed by atoms with Crippen LogP contribution in [0.1, 0.15) is 33.4 Å². The van der Waals surface area contributed by atoms with Crippen molar-refractivity contribution >= 4 is 11.7 Å². The minimum atomic E-state index is -0.319. The topological polar surface area (TPSA) is 108 Å². The molecule has 0 bridgehead atoms. The van der Waals surface area contributed by atoms with Gasteiger partial charge in [0, 0.05) is 11.1 Å². The number of nitrogens with zero attached hydrogens (tertiary/aromatic N) is 1. The number of nitrogen functional groups attached to an aromatic ring is 1. The molecule has 1 aromatic heterocycles. The van der Waals surface area contributed by atoms with Crippen LogP contribution in [0.15, 0.2) is 91.1 Å². The van der Waals surface area contributed by atoms with Crippen molar-refractivity contribution in [3.05, 3.63) is 114 Å². The summed E-state index contributed by atoms with van der Waals surface area (Å²) in [6.45, 7) is 0. The van der Waals surface area contributed by atoms with E-state index in [0.717, 1.165) is 16.8 Å². The van der Waals surface area contributed by atoms with Crippen LogP contribution >= 0.6 is 0 Å². The van der Waals surface area contributed by atoms with Gasteiger partial charge in [-0.1, -0.05) is 72.8 Å².